The first-order valence-corrected chi connectivity index (χ1v) is 21.7. The Morgan fingerprint density at radius 2 is 1.31 bits per heavy atom. The molecule has 2 aliphatic carbocycles. The van der Waals surface area contributed by atoms with Gasteiger partial charge in [-0.05, 0) is 145 Å². The monoisotopic (exact) mass is 802 g/mol. The van der Waals surface area contributed by atoms with E-state index in [1.807, 2.05) is 0 Å². The van der Waals surface area contributed by atoms with Crippen LogP contribution in [0.5, 0.6) is 5.75 Å². The maximum atomic E-state index is 6.80. The second kappa shape index (κ2) is 13.1. The smallest absolute Gasteiger partial charge is 0.142 e. The summed E-state index contributed by atoms with van der Waals surface area (Å²) in [6.07, 6.45) is 9.90. The zero-order chi connectivity index (χ0) is 41.4. The zero-order valence-electron chi connectivity index (χ0n) is 35.0. The standard InChI is InChI=1S/C58H42O4/c1-31-23-53-47(29-41(31)39-17-21-51-45(27-39)43-25-37(15-19-49(43)59-51)35-11-7-5-8-12-35)55-33(3)56-48-30-42(32(2)24-54(48)62-58(56)34(4)57(55)61-53)40-18-22-52-46(28-40)44-26-38(16-20-50(44)60-52)36-13-9-6-10-14-36/h5-29,42-43,49H,30H2,1-4H3. The minimum Gasteiger partial charge on any atom is -0.485 e. The third-order valence-electron chi connectivity index (χ3n) is 14.1. The highest BCUT2D eigenvalue weighted by atomic mass is 16.5. The Morgan fingerprint density at radius 3 is 2.13 bits per heavy atom. The SMILES string of the molecule is CC1=Cc2oc3c(C)c4oc5cc(C)c(-c6ccc7c(c6)C6C=C(c8ccccc8)C=CC6O7)cc5c4c(C)c3c2CC1c1ccc2oc3ccc(-c4ccccc4)cc3c2c1. The highest BCUT2D eigenvalue weighted by Crippen LogP contribution is 2.49. The van der Waals surface area contributed by atoms with Gasteiger partial charge in [0, 0.05) is 55.5 Å². The molecule has 0 saturated heterocycles. The van der Waals surface area contributed by atoms with E-state index in [-0.39, 0.29) is 17.9 Å². The van der Waals surface area contributed by atoms with Crippen LogP contribution in [0.25, 0.3) is 88.7 Å². The lowest BCUT2D eigenvalue weighted by Crippen LogP contribution is -2.16. The summed E-state index contributed by atoms with van der Waals surface area (Å²) < 4.78 is 26.4. The third kappa shape index (κ3) is 5.19. The van der Waals surface area contributed by atoms with Crippen molar-refractivity contribution in [2.75, 3.05) is 0 Å². The van der Waals surface area contributed by atoms with E-state index < -0.39 is 0 Å². The van der Waals surface area contributed by atoms with Crippen molar-refractivity contribution in [1.82, 2.24) is 0 Å². The van der Waals surface area contributed by atoms with Crippen molar-refractivity contribution >= 4 is 66.5 Å². The fourth-order valence-electron chi connectivity index (χ4n) is 10.9. The van der Waals surface area contributed by atoms with E-state index in [1.165, 1.54) is 72.2 Å². The van der Waals surface area contributed by atoms with Gasteiger partial charge in [-0.3, -0.25) is 0 Å². The molecule has 0 saturated carbocycles. The number of benzene rings is 7. The minimum absolute atomic E-state index is 0.00262. The number of rotatable bonds is 4. The summed E-state index contributed by atoms with van der Waals surface area (Å²) in [6.45, 7) is 8.83. The summed E-state index contributed by atoms with van der Waals surface area (Å²) in [7, 11) is 0. The van der Waals surface area contributed by atoms with Crippen molar-refractivity contribution in [1.29, 1.82) is 0 Å². The van der Waals surface area contributed by atoms with Crippen molar-refractivity contribution < 1.29 is 18.0 Å². The van der Waals surface area contributed by atoms with Crippen molar-refractivity contribution in [3.05, 3.63) is 196 Å². The number of fused-ring (bicyclic) bond motifs is 12. The van der Waals surface area contributed by atoms with Gasteiger partial charge >= 0.3 is 0 Å². The zero-order valence-corrected chi connectivity index (χ0v) is 35.0. The lowest BCUT2D eigenvalue weighted by molar-refractivity contribution is 0.269. The van der Waals surface area contributed by atoms with E-state index in [4.69, 9.17) is 18.0 Å². The first-order valence-electron chi connectivity index (χ1n) is 21.7. The van der Waals surface area contributed by atoms with Crippen LogP contribution in [0, 0.1) is 20.8 Å². The molecular formula is C58H42O4. The molecule has 3 unspecified atom stereocenters. The van der Waals surface area contributed by atoms with E-state index >= 15 is 0 Å². The first kappa shape index (κ1) is 35.5. The Morgan fingerprint density at radius 1 is 0.565 bits per heavy atom. The van der Waals surface area contributed by atoms with Gasteiger partial charge in [-0.1, -0.05) is 96.6 Å². The van der Waals surface area contributed by atoms with Crippen molar-refractivity contribution in [2.24, 2.45) is 0 Å². The summed E-state index contributed by atoms with van der Waals surface area (Å²) in [6, 6.07) is 45.7. The Balaban J connectivity index is 0.902. The first-order chi connectivity index (χ1) is 30.3. The maximum Gasteiger partial charge on any atom is 0.142 e. The molecule has 13 rings (SSSR count). The number of hydrogen-bond donors (Lipinski definition) is 0. The Kier molecular flexibility index (Phi) is 7.49. The van der Waals surface area contributed by atoms with E-state index in [0.29, 0.717) is 0 Å². The topological polar surface area (TPSA) is 48.7 Å². The molecule has 0 bridgehead atoms. The molecule has 3 atom stereocenters. The molecule has 4 nitrogen and oxygen atoms in total. The summed E-state index contributed by atoms with van der Waals surface area (Å²) in [5.74, 6) is 2.27. The van der Waals surface area contributed by atoms with Crippen LogP contribution < -0.4 is 4.74 Å². The molecule has 3 aromatic heterocycles. The van der Waals surface area contributed by atoms with Gasteiger partial charge in [-0.2, -0.15) is 0 Å². The van der Waals surface area contributed by atoms with Gasteiger partial charge in [-0.15, -0.1) is 0 Å². The van der Waals surface area contributed by atoms with Crippen LogP contribution in [0.15, 0.2) is 164 Å². The van der Waals surface area contributed by atoms with Crippen LogP contribution in [0.4, 0.5) is 0 Å². The highest BCUT2D eigenvalue weighted by Gasteiger charge is 2.34. The van der Waals surface area contributed by atoms with Gasteiger partial charge in [0.1, 0.15) is 45.5 Å². The molecule has 0 spiro atoms. The number of allylic oxidation sites excluding steroid dienone is 3. The molecule has 0 N–H and O–H groups in total. The number of ether oxygens (including phenoxy) is 1. The molecule has 10 aromatic rings. The number of hydrogen-bond acceptors (Lipinski definition) is 4. The minimum atomic E-state index is 0.00262. The molecule has 298 valence electrons. The summed E-state index contributed by atoms with van der Waals surface area (Å²) in [4.78, 5) is 0. The Labute approximate surface area is 359 Å². The highest BCUT2D eigenvalue weighted by molar-refractivity contribution is 6.16. The molecule has 7 aromatic carbocycles. The molecule has 0 amide bonds. The van der Waals surface area contributed by atoms with E-state index in [2.05, 4.69) is 179 Å². The van der Waals surface area contributed by atoms with E-state index in [0.717, 1.165) is 73.0 Å². The van der Waals surface area contributed by atoms with Crippen LogP contribution >= 0.6 is 0 Å². The van der Waals surface area contributed by atoms with Crippen molar-refractivity contribution in [3.63, 3.8) is 0 Å². The number of furan rings is 3. The number of aryl methyl sites for hydroxylation is 3. The lowest BCUT2D eigenvalue weighted by Gasteiger charge is -2.22. The molecule has 4 heterocycles. The molecule has 0 radical (unpaired) electrons. The Hall–Kier alpha value is -7.30. The van der Waals surface area contributed by atoms with Gasteiger partial charge in [0.05, 0.1) is 0 Å². The molecule has 3 aliphatic rings. The summed E-state index contributed by atoms with van der Waals surface area (Å²) in [5.41, 5.74) is 20.3. The fraction of sp³-hybridized carbons (Fsp3) is 0.138. The average Bonchev–Trinajstić information content (AvgIpc) is 4.07. The largest absolute Gasteiger partial charge is 0.485 e. The van der Waals surface area contributed by atoms with E-state index in [9.17, 15) is 0 Å². The van der Waals surface area contributed by atoms with Gasteiger partial charge in [0.25, 0.3) is 0 Å². The fourth-order valence-corrected chi connectivity index (χ4v) is 10.9. The van der Waals surface area contributed by atoms with Crippen LogP contribution in [0.1, 0.15) is 63.5 Å². The molecule has 0 fully saturated rings. The average molecular weight is 803 g/mol. The summed E-state index contributed by atoms with van der Waals surface area (Å²) in [5, 5.41) is 5.79. The molecular weight excluding hydrogens is 761 g/mol. The van der Waals surface area contributed by atoms with Crippen LogP contribution in [0.3, 0.4) is 0 Å². The van der Waals surface area contributed by atoms with Gasteiger partial charge in [-0.25, -0.2) is 0 Å². The second-order valence-electron chi connectivity index (χ2n) is 17.7. The third-order valence-corrected chi connectivity index (χ3v) is 14.1. The second-order valence-corrected chi connectivity index (χ2v) is 17.7. The molecule has 1 aliphatic heterocycles. The van der Waals surface area contributed by atoms with Gasteiger partial charge in [0.2, 0.25) is 0 Å². The lowest BCUT2D eigenvalue weighted by atomic mass is 9.80. The normalized spacial score (nSPS) is 18.0. The van der Waals surface area contributed by atoms with Gasteiger partial charge in [0.15, 0.2) is 0 Å². The predicted octanol–water partition coefficient (Wildman–Crippen LogP) is 15.7. The van der Waals surface area contributed by atoms with Crippen LogP contribution in [-0.4, -0.2) is 6.10 Å². The Bertz CT molecular complexity index is 3620. The van der Waals surface area contributed by atoms with Crippen molar-refractivity contribution in [2.45, 2.75) is 52.1 Å². The summed E-state index contributed by atoms with van der Waals surface area (Å²) >= 11 is 0. The quantitative estimate of drug-likeness (QED) is 0.178. The van der Waals surface area contributed by atoms with Crippen LogP contribution in [-0.2, 0) is 6.42 Å². The molecule has 62 heavy (non-hydrogen) atoms. The van der Waals surface area contributed by atoms with Crippen LogP contribution in [0.2, 0.25) is 0 Å². The maximum absolute atomic E-state index is 6.80. The molecule has 4 heteroatoms. The van der Waals surface area contributed by atoms with Gasteiger partial charge < -0.3 is 18.0 Å². The van der Waals surface area contributed by atoms with E-state index in [1.54, 1.807) is 0 Å². The predicted molar refractivity (Wildman–Crippen MR) is 253 cm³/mol. The van der Waals surface area contributed by atoms with Crippen molar-refractivity contribution in [3.8, 4) is 28.0 Å².